The molecule has 1 fully saturated rings. The van der Waals surface area contributed by atoms with Crippen molar-refractivity contribution in [3.63, 3.8) is 0 Å². The monoisotopic (exact) mass is 387 g/mol. The molecule has 2 aromatic rings. The summed E-state index contributed by atoms with van der Waals surface area (Å²) in [6.45, 7) is 10.4. The highest BCUT2D eigenvalue weighted by Gasteiger charge is 2.22. The van der Waals surface area contributed by atoms with Gasteiger partial charge in [0.05, 0.1) is 5.69 Å². The molecule has 0 saturated carbocycles. The fraction of sp³-hybridized carbons (Fsp3) is 0.571. The molecule has 152 valence electrons. The number of nitrogens with one attached hydrogen (secondary N) is 1. The van der Waals surface area contributed by atoms with Crippen LogP contribution < -0.4 is 10.9 Å². The highest BCUT2D eigenvalue weighted by molar-refractivity contribution is 5.95. The van der Waals surface area contributed by atoms with E-state index < -0.39 is 5.63 Å². The van der Waals surface area contributed by atoms with Crippen LogP contribution >= 0.6 is 0 Å². The maximum absolute atomic E-state index is 12.5. The topological polar surface area (TPSA) is 86.4 Å². The maximum atomic E-state index is 12.5. The fourth-order valence-electron chi connectivity index (χ4n) is 3.61. The Bertz CT molecular complexity index is 907. The van der Waals surface area contributed by atoms with Gasteiger partial charge in [-0.25, -0.2) is 4.79 Å². The van der Waals surface area contributed by atoms with Crippen molar-refractivity contribution in [1.29, 1.82) is 0 Å². The van der Waals surface area contributed by atoms with Gasteiger partial charge in [-0.1, -0.05) is 0 Å². The van der Waals surface area contributed by atoms with Crippen molar-refractivity contribution in [1.82, 2.24) is 15.1 Å². The zero-order chi connectivity index (χ0) is 20.3. The molecule has 1 N–H and O–H groups in total. The van der Waals surface area contributed by atoms with Crippen molar-refractivity contribution in [2.45, 2.75) is 59.4 Å². The average molecular weight is 387 g/mol. The number of hydrogen-bond donors (Lipinski definition) is 1. The zero-order valence-electron chi connectivity index (χ0n) is 17.1. The van der Waals surface area contributed by atoms with E-state index in [1.807, 2.05) is 24.6 Å². The second-order valence-electron chi connectivity index (χ2n) is 7.51. The molecule has 0 atom stereocenters. The van der Waals surface area contributed by atoms with Gasteiger partial charge >= 0.3 is 5.63 Å². The lowest BCUT2D eigenvalue weighted by atomic mass is 9.95. The molecular weight excluding hydrogens is 358 g/mol. The Kier molecular flexibility index (Phi) is 6.34. The third-order valence-corrected chi connectivity index (χ3v) is 5.59. The van der Waals surface area contributed by atoms with Crippen LogP contribution in [0.4, 0.5) is 0 Å². The normalized spacial score (nSPS) is 15.0. The minimum absolute atomic E-state index is 0.0952. The Morgan fingerprint density at radius 2 is 1.96 bits per heavy atom. The second kappa shape index (κ2) is 8.73. The van der Waals surface area contributed by atoms with Crippen molar-refractivity contribution >= 4 is 5.91 Å². The van der Waals surface area contributed by atoms with Gasteiger partial charge < -0.3 is 14.5 Å². The first kappa shape index (κ1) is 20.3. The van der Waals surface area contributed by atoms with Crippen LogP contribution in [0.1, 0.15) is 63.8 Å². The van der Waals surface area contributed by atoms with Crippen LogP contribution in [0, 0.1) is 27.7 Å². The van der Waals surface area contributed by atoms with Crippen LogP contribution in [0.2, 0.25) is 0 Å². The molecule has 0 radical (unpaired) electrons. The molecule has 7 heteroatoms. The Balaban J connectivity index is 1.59. The second-order valence-corrected chi connectivity index (χ2v) is 7.51. The molecule has 28 heavy (non-hydrogen) atoms. The van der Waals surface area contributed by atoms with E-state index in [1.54, 1.807) is 6.92 Å². The molecule has 0 spiro atoms. The smallest absolute Gasteiger partial charge is 0.349 e. The van der Waals surface area contributed by atoms with Crippen molar-refractivity contribution < 1.29 is 13.9 Å². The molecule has 1 aliphatic rings. The highest BCUT2D eigenvalue weighted by atomic mass is 16.5. The van der Waals surface area contributed by atoms with Crippen molar-refractivity contribution in [2.24, 2.45) is 0 Å². The number of aromatic nitrogens is 2. The number of carbonyl (C=O) groups excluding carboxylic acids is 1. The molecule has 1 saturated heterocycles. The molecule has 2 aromatic heterocycles. The Morgan fingerprint density at radius 3 is 2.57 bits per heavy atom. The summed E-state index contributed by atoms with van der Waals surface area (Å²) < 4.78 is 12.8. The first-order chi connectivity index (χ1) is 13.4. The van der Waals surface area contributed by atoms with E-state index in [-0.39, 0.29) is 17.4 Å². The number of nitrogens with zero attached hydrogens (tertiary/aromatic N) is 2. The van der Waals surface area contributed by atoms with E-state index in [4.69, 9.17) is 9.15 Å². The third-order valence-electron chi connectivity index (χ3n) is 5.59. The van der Waals surface area contributed by atoms with Crippen LogP contribution in [-0.4, -0.2) is 35.4 Å². The first-order valence-corrected chi connectivity index (χ1v) is 9.89. The number of rotatable bonds is 6. The molecule has 0 aliphatic carbocycles. The van der Waals surface area contributed by atoms with Crippen LogP contribution in [0.3, 0.4) is 0 Å². The summed E-state index contributed by atoms with van der Waals surface area (Å²) in [6.07, 6.45) is 2.40. The molecular formula is C21H29N3O4. The number of aryl methyl sites for hydroxylation is 3. The van der Waals surface area contributed by atoms with Gasteiger partial charge in [0, 0.05) is 37.9 Å². The number of hydrogen-bond acceptors (Lipinski definition) is 5. The Morgan fingerprint density at radius 1 is 1.25 bits per heavy atom. The first-order valence-electron chi connectivity index (χ1n) is 9.89. The van der Waals surface area contributed by atoms with Gasteiger partial charge in [-0.2, -0.15) is 5.10 Å². The van der Waals surface area contributed by atoms with E-state index in [2.05, 4.69) is 17.3 Å². The van der Waals surface area contributed by atoms with Crippen LogP contribution in [0.15, 0.2) is 15.3 Å². The van der Waals surface area contributed by atoms with E-state index in [0.717, 1.165) is 37.2 Å². The van der Waals surface area contributed by atoms with Crippen molar-refractivity contribution in [3.05, 3.63) is 50.3 Å². The predicted octanol–water partition coefficient (Wildman–Crippen LogP) is 2.78. The number of carbonyl (C=O) groups is 1. The quantitative estimate of drug-likeness (QED) is 0.770. The average Bonchev–Trinajstić information content (AvgIpc) is 2.92. The molecule has 7 nitrogen and oxygen atoms in total. The van der Waals surface area contributed by atoms with E-state index >= 15 is 0 Å². The lowest BCUT2D eigenvalue weighted by Gasteiger charge is -2.21. The molecule has 0 bridgehead atoms. The molecule has 0 unspecified atom stereocenters. The summed E-state index contributed by atoms with van der Waals surface area (Å²) in [7, 11) is 0. The van der Waals surface area contributed by atoms with Gasteiger partial charge in [0.2, 0.25) is 0 Å². The molecule has 3 rings (SSSR count). The maximum Gasteiger partial charge on any atom is 0.349 e. The van der Waals surface area contributed by atoms with Gasteiger partial charge in [0.1, 0.15) is 11.3 Å². The molecule has 1 amide bonds. The van der Waals surface area contributed by atoms with Crippen LogP contribution in [-0.2, 0) is 11.3 Å². The Hall–Kier alpha value is -2.41. The lowest BCUT2D eigenvalue weighted by molar-refractivity contribution is 0.0795. The minimum atomic E-state index is -0.562. The van der Waals surface area contributed by atoms with Gasteiger partial charge in [-0.3, -0.25) is 9.48 Å². The van der Waals surface area contributed by atoms with Gasteiger partial charge in [0.15, 0.2) is 0 Å². The van der Waals surface area contributed by atoms with Crippen molar-refractivity contribution in [3.8, 4) is 0 Å². The summed E-state index contributed by atoms with van der Waals surface area (Å²) in [4.78, 5) is 24.9. The van der Waals surface area contributed by atoms with Crippen molar-refractivity contribution in [2.75, 3.05) is 19.8 Å². The van der Waals surface area contributed by atoms with Gasteiger partial charge in [0.25, 0.3) is 5.91 Å². The number of amides is 1. The molecule has 1 aliphatic heterocycles. The number of ether oxygens (including phenoxy) is 1. The third kappa shape index (κ3) is 4.35. The van der Waals surface area contributed by atoms with E-state index in [9.17, 15) is 9.59 Å². The lowest BCUT2D eigenvalue weighted by Crippen LogP contribution is -2.31. The zero-order valence-corrected chi connectivity index (χ0v) is 17.1. The van der Waals surface area contributed by atoms with E-state index in [0.29, 0.717) is 31.1 Å². The highest BCUT2D eigenvalue weighted by Crippen LogP contribution is 2.27. The molecule has 3 heterocycles. The summed E-state index contributed by atoms with van der Waals surface area (Å²) in [5, 5.41) is 7.33. The predicted molar refractivity (Wildman–Crippen MR) is 106 cm³/mol. The summed E-state index contributed by atoms with van der Waals surface area (Å²) >= 11 is 0. The van der Waals surface area contributed by atoms with Gasteiger partial charge in [-0.05, 0) is 64.2 Å². The fourth-order valence-corrected chi connectivity index (χ4v) is 3.61. The SMILES string of the molecule is Cc1cc(C2CCOCC2)oc(=O)c1C(=O)NCCCn1nc(C)c(C)c1C. The van der Waals surface area contributed by atoms with E-state index in [1.165, 1.54) is 5.56 Å². The summed E-state index contributed by atoms with van der Waals surface area (Å²) in [5.74, 6) is 0.457. The Labute approximate surface area is 165 Å². The van der Waals surface area contributed by atoms with Gasteiger partial charge in [-0.15, -0.1) is 0 Å². The molecule has 0 aromatic carbocycles. The van der Waals surface area contributed by atoms with Crippen LogP contribution in [0.25, 0.3) is 0 Å². The largest absolute Gasteiger partial charge is 0.427 e. The standard InChI is InChI=1S/C21H29N3O4/c1-13-12-18(17-6-10-27-11-7-17)28-21(26)19(13)20(25)22-8-5-9-24-16(4)14(2)15(3)23-24/h12,17H,5-11H2,1-4H3,(H,22,25). The summed E-state index contributed by atoms with van der Waals surface area (Å²) in [5.41, 5.74) is 3.56. The van der Waals surface area contributed by atoms with Crippen LogP contribution in [0.5, 0.6) is 0 Å². The summed E-state index contributed by atoms with van der Waals surface area (Å²) in [6, 6.07) is 1.82. The minimum Gasteiger partial charge on any atom is -0.427 e.